The second-order valence-corrected chi connectivity index (χ2v) is 6.40. The molecule has 2 aliphatic heterocycles. The van der Waals surface area contributed by atoms with E-state index in [4.69, 9.17) is 4.98 Å². The molecule has 0 spiro atoms. The summed E-state index contributed by atoms with van der Waals surface area (Å²) < 4.78 is 0. The standard InChI is InChI=1S/C19H22N4.ClH/c1-14-20-17-13-16(15-9-5-4-6-10-15)22-18(17)19(21-14)23-11-7-2-3-8-12-23;/h4-6,9-10,13,22H,2-3,7-8,11-12H2,1H3;1H. The fourth-order valence-corrected chi connectivity index (χ4v) is 3.50. The average Bonchev–Trinajstić information content (AvgIpc) is 2.81. The zero-order valence-electron chi connectivity index (χ0n) is 14.0. The van der Waals surface area contributed by atoms with Gasteiger partial charge in [-0.25, -0.2) is 9.97 Å². The van der Waals surface area contributed by atoms with Gasteiger partial charge in [0, 0.05) is 24.7 Å². The van der Waals surface area contributed by atoms with Crippen molar-refractivity contribution >= 4 is 23.3 Å². The average molecular weight is 343 g/mol. The van der Waals surface area contributed by atoms with Crippen LogP contribution in [0.5, 0.6) is 0 Å². The summed E-state index contributed by atoms with van der Waals surface area (Å²) in [7, 11) is 0. The second kappa shape index (κ2) is 7.32. The van der Waals surface area contributed by atoms with Gasteiger partial charge in [0.15, 0.2) is 5.82 Å². The van der Waals surface area contributed by atoms with Gasteiger partial charge in [-0.1, -0.05) is 31.0 Å². The smallest absolute Gasteiger partial charge is 0.203 e. The normalized spacial score (nSPS) is 16.9. The Morgan fingerprint density at radius 1 is 0.958 bits per heavy atom. The van der Waals surface area contributed by atoms with Gasteiger partial charge >= 0.3 is 0 Å². The highest BCUT2D eigenvalue weighted by atomic mass is 35.5. The van der Waals surface area contributed by atoms with Crippen molar-refractivity contribution in [3.05, 3.63) is 47.4 Å². The number of benzene rings is 1. The lowest BCUT2D eigenvalue weighted by Gasteiger charge is -2.22. The van der Waals surface area contributed by atoms with Crippen LogP contribution in [0, 0.1) is 6.92 Å². The molecule has 0 bridgehead atoms. The largest absolute Gasteiger partial charge is 1.00 e. The molecule has 3 heterocycles. The number of hydrogen-bond acceptors (Lipinski definition) is 3. The highest BCUT2D eigenvalue weighted by molar-refractivity contribution is 5.86. The van der Waals surface area contributed by atoms with Gasteiger partial charge in [-0.2, -0.15) is 0 Å². The first kappa shape index (κ1) is 16.9. The number of hydrogen-bond donors (Lipinski definition) is 1. The third-order valence-electron chi connectivity index (χ3n) is 4.67. The van der Waals surface area contributed by atoms with Gasteiger partial charge in [-0.3, -0.25) is 5.32 Å². The molecule has 0 radical (unpaired) electrons. The SMILES string of the molecule is Cc1nc2c(c(N3CCCCCC3)n1)[NH2+]C(c1ccccc1)=C2.[Cl-]. The molecule has 126 valence electrons. The molecule has 4 nitrogen and oxygen atoms in total. The van der Waals surface area contributed by atoms with Crippen molar-refractivity contribution < 1.29 is 17.7 Å². The summed E-state index contributed by atoms with van der Waals surface area (Å²) in [5.74, 6) is 1.98. The number of anilines is 1. The van der Waals surface area contributed by atoms with E-state index in [1.807, 2.05) is 6.92 Å². The molecule has 5 heteroatoms. The van der Waals surface area contributed by atoms with Crippen LogP contribution in [-0.4, -0.2) is 23.1 Å². The summed E-state index contributed by atoms with van der Waals surface area (Å²) in [6, 6.07) is 10.5. The molecular weight excluding hydrogens is 320 g/mol. The quantitative estimate of drug-likeness (QED) is 0.827. The maximum Gasteiger partial charge on any atom is 0.203 e. The molecule has 2 aromatic rings. The van der Waals surface area contributed by atoms with E-state index >= 15 is 0 Å². The van der Waals surface area contributed by atoms with Gasteiger partial charge in [0.25, 0.3) is 0 Å². The van der Waals surface area contributed by atoms with Crippen molar-refractivity contribution in [1.82, 2.24) is 9.97 Å². The number of nitrogens with two attached hydrogens (primary N) is 1. The zero-order valence-corrected chi connectivity index (χ0v) is 14.8. The van der Waals surface area contributed by atoms with Gasteiger partial charge in [-0.05, 0) is 31.9 Å². The van der Waals surface area contributed by atoms with E-state index < -0.39 is 0 Å². The Kier molecular flexibility index (Phi) is 5.17. The lowest BCUT2D eigenvalue weighted by molar-refractivity contribution is -0.464. The molecule has 1 saturated heterocycles. The summed E-state index contributed by atoms with van der Waals surface area (Å²) in [6.45, 7) is 4.21. The number of nitrogens with zero attached hydrogens (tertiary/aromatic N) is 3. The van der Waals surface area contributed by atoms with Crippen LogP contribution < -0.4 is 22.6 Å². The Bertz CT molecular complexity index is 735. The molecule has 0 saturated carbocycles. The van der Waals surface area contributed by atoms with Crippen LogP contribution >= 0.6 is 0 Å². The Hall–Kier alpha value is -1.91. The topological polar surface area (TPSA) is 45.6 Å². The minimum absolute atomic E-state index is 0. The van der Waals surface area contributed by atoms with Crippen molar-refractivity contribution in [2.45, 2.75) is 32.6 Å². The van der Waals surface area contributed by atoms with Crippen LogP contribution in [0.2, 0.25) is 0 Å². The first-order valence-electron chi connectivity index (χ1n) is 8.57. The summed E-state index contributed by atoms with van der Waals surface area (Å²) >= 11 is 0. The van der Waals surface area contributed by atoms with E-state index in [-0.39, 0.29) is 12.4 Å². The molecule has 1 aromatic carbocycles. The number of quaternary nitrogens is 1. The van der Waals surface area contributed by atoms with E-state index in [9.17, 15) is 0 Å². The highest BCUT2D eigenvalue weighted by Crippen LogP contribution is 2.31. The van der Waals surface area contributed by atoms with Crippen LogP contribution in [0.1, 0.15) is 42.8 Å². The molecule has 0 unspecified atom stereocenters. The lowest BCUT2D eigenvalue weighted by Crippen LogP contribution is -3.00. The number of aromatic nitrogens is 2. The fourth-order valence-electron chi connectivity index (χ4n) is 3.50. The zero-order chi connectivity index (χ0) is 15.6. The van der Waals surface area contributed by atoms with E-state index in [1.54, 1.807) is 0 Å². The van der Waals surface area contributed by atoms with Crippen LogP contribution in [-0.2, 0) is 0 Å². The van der Waals surface area contributed by atoms with Crippen molar-refractivity contribution in [3.8, 4) is 0 Å². The van der Waals surface area contributed by atoms with Crippen molar-refractivity contribution in [2.24, 2.45) is 0 Å². The minimum atomic E-state index is 0. The minimum Gasteiger partial charge on any atom is -1.00 e. The second-order valence-electron chi connectivity index (χ2n) is 6.40. The molecule has 0 atom stereocenters. The van der Waals surface area contributed by atoms with Gasteiger partial charge in [0.2, 0.25) is 5.69 Å². The summed E-state index contributed by atoms with van der Waals surface area (Å²) in [5, 5.41) is 2.25. The Morgan fingerprint density at radius 2 is 1.67 bits per heavy atom. The molecule has 0 aliphatic carbocycles. The third-order valence-corrected chi connectivity index (χ3v) is 4.67. The van der Waals surface area contributed by atoms with Crippen molar-refractivity contribution in [3.63, 3.8) is 0 Å². The highest BCUT2D eigenvalue weighted by Gasteiger charge is 2.28. The summed E-state index contributed by atoms with van der Waals surface area (Å²) in [6.07, 6.45) is 7.38. The number of rotatable bonds is 2. The molecule has 1 fully saturated rings. The molecule has 4 rings (SSSR count). The number of halogens is 1. The maximum absolute atomic E-state index is 4.79. The van der Waals surface area contributed by atoms with Crippen LogP contribution in [0.15, 0.2) is 30.3 Å². The van der Waals surface area contributed by atoms with Crippen molar-refractivity contribution in [2.75, 3.05) is 18.0 Å². The van der Waals surface area contributed by atoms with Gasteiger partial charge in [-0.15, -0.1) is 0 Å². The van der Waals surface area contributed by atoms with E-state index in [2.05, 4.69) is 51.6 Å². The van der Waals surface area contributed by atoms with Crippen LogP contribution in [0.25, 0.3) is 11.8 Å². The number of fused-ring (bicyclic) bond motifs is 1. The summed E-state index contributed by atoms with van der Waals surface area (Å²) in [5.41, 5.74) is 4.73. The lowest BCUT2D eigenvalue weighted by atomic mass is 10.1. The predicted molar refractivity (Wildman–Crippen MR) is 93.3 cm³/mol. The molecular formula is C19H23ClN4. The van der Waals surface area contributed by atoms with E-state index in [1.165, 1.54) is 42.6 Å². The molecule has 24 heavy (non-hydrogen) atoms. The molecule has 1 aromatic heterocycles. The fraction of sp³-hybridized carbons (Fsp3) is 0.368. The first-order valence-corrected chi connectivity index (χ1v) is 8.57. The third kappa shape index (κ3) is 3.30. The predicted octanol–water partition coefficient (Wildman–Crippen LogP) is -0.124. The Labute approximate surface area is 149 Å². The van der Waals surface area contributed by atoms with E-state index in [0.29, 0.717) is 0 Å². The number of aryl methyl sites for hydroxylation is 1. The van der Waals surface area contributed by atoms with Gasteiger partial charge in [0.05, 0.1) is 0 Å². The van der Waals surface area contributed by atoms with Crippen LogP contribution in [0.3, 0.4) is 0 Å². The monoisotopic (exact) mass is 342 g/mol. The maximum atomic E-state index is 4.79. The molecule has 2 aliphatic rings. The molecule has 2 N–H and O–H groups in total. The van der Waals surface area contributed by atoms with Crippen LogP contribution in [0.4, 0.5) is 11.5 Å². The summed E-state index contributed by atoms with van der Waals surface area (Å²) in [4.78, 5) is 11.9. The first-order chi connectivity index (χ1) is 11.3. The van der Waals surface area contributed by atoms with Gasteiger partial charge in [0.1, 0.15) is 17.2 Å². The van der Waals surface area contributed by atoms with E-state index in [0.717, 1.165) is 30.4 Å². The Morgan fingerprint density at radius 3 is 2.38 bits per heavy atom. The molecule has 0 amide bonds. The van der Waals surface area contributed by atoms with Gasteiger partial charge < -0.3 is 17.3 Å². The van der Waals surface area contributed by atoms with Crippen molar-refractivity contribution in [1.29, 1.82) is 0 Å². The Balaban J connectivity index is 0.00000169.